The highest BCUT2D eigenvalue weighted by Gasteiger charge is 2.21. The highest BCUT2D eigenvalue weighted by molar-refractivity contribution is 6.43. The molecular formula is C14H36N2O2Si2. The lowest BCUT2D eigenvalue weighted by Crippen LogP contribution is -2.51. The van der Waals surface area contributed by atoms with Crippen LogP contribution in [0.2, 0.25) is 12.1 Å². The van der Waals surface area contributed by atoms with Gasteiger partial charge in [-0.15, -0.1) is 0 Å². The molecule has 0 aromatic heterocycles. The molecule has 0 atom stereocenters. The summed E-state index contributed by atoms with van der Waals surface area (Å²) in [5.41, 5.74) is 0. The fourth-order valence-electron chi connectivity index (χ4n) is 2.86. The lowest BCUT2D eigenvalue weighted by Gasteiger charge is -2.38. The molecule has 0 aliphatic carbocycles. The highest BCUT2D eigenvalue weighted by atomic mass is 28.2. The van der Waals surface area contributed by atoms with E-state index in [1.54, 1.807) is 14.2 Å². The fraction of sp³-hybridized carbons (Fsp3) is 1.00. The zero-order chi connectivity index (χ0) is 15.4. The van der Waals surface area contributed by atoms with Crippen LogP contribution in [0.3, 0.4) is 0 Å². The van der Waals surface area contributed by atoms with Crippen molar-refractivity contribution in [3.63, 3.8) is 0 Å². The maximum absolute atomic E-state index is 5.32. The molecule has 0 unspecified atom stereocenters. The van der Waals surface area contributed by atoms with Gasteiger partial charge < -0.3 is 9.47 Å². The van der Waals surface area contributed by atoms with Crippen LogP contribution in [-0.2, 0) is 9.47 Å². The Morgan fingerprint density at radius 2 is 1.15 bits per heavy atom. The van der Waals surface area contributed by atoms with Crippen molar-refractivity contribution >= 4 is 19.0 Å². The Morgan fingerprint density at radius 3 is 1.50 bits per heavy atom. The first-order valence-electron chi connectivity index (χ1n) is 8.21. The minimum atomic E-state index is -0.239. The Kier molecular flexibility index (Phi) is 13.2. The van der Waals surface area contributed by atoms with E-state index >= 15 is 0 Å². The van der Waals surface area contributed by atoms with Gasteiger partial charge in [0.05, 0.1) is 19.0 Å². The Bertz CT molecular complexity index is 199. The molecule has 0 aliphatic rings. The van der Waals surface area contributed by atoms with Crippen LogP contribution in [0.4, 0.5) is 0 Å². The molecule has 0 aliphatic heterocycles. The lowest BCUT2D eigenvalue weighted by atomic mass is 10.5. The maximum Gasteiger partial charge on any atom is 0.134 e. The third kappa shape index (κ3) is 7.33. The Balaban J connectivity index is 4.28. The molecule has 0 heterocycles. The molecule has 122 valence electrons. The normalized spacial score (nSPS) is 13.5. The van der Waals surface area contributed by atoms with Gasteiger partial charge in [-0.3, -0.25) is 9.80 Å². The summed E-state index contributed by atoms with van der Waals surface area (Å²) in [5, 5.41) is 0. The first-order chi connectivity index (χ1) is 9.68. The summed E-state index contributed by atoms with van der Waals surface area (Å²) >= 11 is 0. The molecule has 0 aromatic carbocycles. The molecule has 0 rings (SSSR count). The second kappa shape index (κ2) is 13.0. The van der Waals surface area contributed by atoms with Crippen molar-refractivity contribution in [2.45, 2.75) is 51.5 Å². The van der Waals surface area contributed by atoms with Crippen LogP contribution in [0, 0.1) is 0 Å². The standard InChI is InChI=1S/C14H36N2O2Si2/c1-7-15(8-2)13(16(9-3)10-4)19-11-12-20-14(17-5)18-6/h13-14H,7-12,19-20H2,1-6H3. The molecule has 20 heavy (non-hydrogen) atoms. The molecule has 0 saturated heterocycles. The summed E-state index contributed by atoms with van der Waals surface area (Å²) in [6, 6.07) is 2.78. The molecule has 6 heteroatoms. The van der Waals surface area contributed by atoms with Crippen molar-refractivity contribution in [1.82, 2.24) is 9.80 Å². The van der Waals surface area contributed by atoms with Gasteiger partial charge in [-0.2, -0.15) is 0 Å². The maximum atomic E-state index is 5.32. The molecule has 0 spiro atoms. The predicted octanol–water partition coefficient (Wildman–Crippen LogP) is 0.704. The van der Waals surface area contributed by atoms with E-state index in [1.165, 1.54) is 38.3 Å². The van der Waals surface area contributed by atoms with Crippen molar-refractivity contribution in [2.24, 2.45) is 0 Å². The monoisotopic (exact) mass is 320 g/mol. The molecule has 0 aromatic rings. The van der Waals surface area contributed by atoms with Gasteiger partial charge in [0.2, 0.25) is 0 Å². The van der Waals surface area contributed by atoms with Gasteiger partial charge in [-0.05, 0) is 26.2 Å². The van der Waals surface area contributed by atoms with Crippen molar-refractivity contribution < 1.29 is 9.47 Å². The zero-order valence-electron chi connectivity index (χ0n) is 14.5. The molecule has 0 N–H and O–H groups in total. The van der Waals surface area contributed by atoms with Gasteiger partial charge in [0.1, 0.15) is 5.91 Å². The van der Waals surface area contributed by atoms with E-state index in [1.807, 2.05) is 0 Å². The van der Waals surface area contributed by atoms with Gasteiger partial charge in [0.15, 0.2) is 0 Å². The van der Waals surface area contributed by atoms with Gasteiger partial charge in [0.25, 0.3) is 0 Å². The molecule has 0 radical (unpaired) electrons. The van der Waals surface area contributed by atoms with Crippen LogP contribution in [0.15, 0.2) is 0 Å². The number of hydrogen-bond acceptors (Lipinski definition) is 4. The molecule has 0 fully saturated rings. The number of methoxy groups -OCH3 is 2. The summed E-state index contributed by atoms with van der Waals surface area (Å²) in [4.78, 5) is 5.29. The van der Waals surface area contributed by atoms with Gasteiger partial charge in [0, 0.05) is 20.0 Å². The van der Waals surface area contributed by atoms with Crippen molar-refractivity contribution in [3.8, 4) is 0 Å². The molecular weight excluding hydrogens is 284 g/mol. The highest BCUT2D eigenvalue weighted by Crippen LogP contribution is 2.08. The lowest BCUT2D eigenvalue weighted by molar-refractivity contribution is -0.0440. The van der Waals surface area contributed by atoms with E-state index in [9.17, 15) is 0 Å². The number of rotatable bonds is 13. The summed E-state index contributed by atoms with van der Waals surface area (Å²) in [7, 11) is 3.18. The average Bonchev–Trinajstić information content (AvgIpc) is 2.49. The van der Waals surface area contributed by atoms with Crippen LogP contribution >= 0.6 is 0 Å². The van der Waals surface area contributed by atoms with E-state index in [4.69, 9.17) is 9.47 Å². The number of nitrogens with zero attached hydrogens (tertiary/aromatic N) is 2. The quantitative estimate of drug-likeness (QED) is 0.283. The third-order valence-electron chi connectivity index (χ3n) is 4.15. The second-order valence-corrected chi connectivity index (χ2v) is 9.07. The zero-order valence-corrected chi connectivity index (χ0v) is 17.4. The van der Waals surface area contributed by atoms with E-state index in [-0.39, 0.29) is 25.0 Å². The van der Waals surface area contributed by atoms with Crippen LogP contribution in [-0.4, -0.2) is 80.9 Å². The Hall–Kier alpha value is 0.274. The van der Waals surface area contributed by atoms with Crippen molar-refractivity contribution in [2.75, 3.05) is 40.4 Å². The minimum Gasteiger partial charge on any atom is -0.360 e. The Labute approximate surface area is 130 Å². The first kappa shape index (κ1) is 20.3. The SMILES string of the molecule is CCN(CC)C([SiH2]CC[SiH2]C(OC)OC)N(CC)CC. The van der Waals surface area contributed by atoms with Crippen molar-refractivity contribution in [3.05, 3.63) is 0 Å². The summed E-state index contributed by atoms with van der Waals surface area (Å²) in [6.07, 6.45) is 0. The summed E-state index contributed by atoms with van der Waals surface area (Å²) in [5.74, 6) is 0.849. The number of hydrogen-bond donors (Lipinski definition) is 0. The van der Waals surface area contributed by atoms with Crippen LogP contribution < -0.4 is 0 Å². The smallest absolute Gasteiger partial charge is 0.134 e. The number of ether oxygens (including phenoxy) is 2. The topological polar surface area (TPSA) is 24.9 Å². The molecule has 0 bridgehead atoms. The largest absolute Gasteiger partial charge is 0.360 e. The van der Waals surface area contributed by atoms with Crippen molar-refractivity contribution in [1.29, 1.82) is 0 Å². The molecule has 0 saturated carbocycles. The molecule has 4 nitrogen and oxygen atoms in total. The second-order valence-electron chi connectivity index (χ2n) is 5.11. The van der Waals surface area contributed by atoms with Gasteiger partial charge in [-0.25, -0.2) is 0 Å². The minimum absolute atomic E-state index is 0.0964. The van der Waals surface area contributed by atoms with Crippen LogP contribution in [0.25, 0.3) is 0 Å². The molecule has 0 amide bonds. The third-order valence-corrected chi connectivity index (χ3v) is 9.65. The fourth-order valence-corrected chi connectivity index (χ4v) is 8.10. The van der Waals surface area contributed by atoms with Gasteiger partial charge >= 0.3 is 0 Å². The van der Waals surface area contributed by atoms with E-state index in [2.05, 4.69) is 37.5 Å². The first-order valence-corrected chi connectivity index (χ1v) is 11.8. The predicted molar refractivity (Wildman–Crippen MR) is 94.1 cm³/mol. The van der Waals surface area contributed by atoms with E-state index in [0.29, 0.717) is 0 Å². The van der Waals surface area contributed by atoms with E-state index < -0.39 is 0 Å². The van der Waals surface area contributed by atoms with Crippen LogP contribution in [0.5, 0.6) is 0 Å². The Morgan fingerprint density at radius 1 is 0.750 bits per heavy atom. The summed E-state index contributed by atoms with van der Waals surface area (Å²) in [6.45, 7) is 13.8. The van der Waals surface area contributed by atoms with Gasteiger partial charge in [-0.1, -0.05) is 39.8 Å². The summed E-state index contributed by atoms with van der Waals surface area (Å²) < 4.78 is 10.6. The average molecular weight is 321 g/mol. The van der Waals surface area contributed by atoms with Crippen LogP contribution in [0.1, 0.15) is 27.7 Å². The van der Waals surface area contributed by atoms with E-state index in [0.717, 1.165) is 5.79 Å².